The van der Waals surface area contributed by atoms with Crippen molar-refractivity contribution in [3.8, 4) is 0 Å². The van der Waals surface area contributed by atoms with Crippen LogP contribution < -0.4 is 5.73 Å². The lowest BCUT2D eigenvalue weighted by Crippen LogP contribution is -2.31. The molecule has 0 unspecified atom stereocenters. The van der Waals surface area contributed by atoms with Crippen molar-refractivity contribution in [3.05, 3.63) is 12.4 Å². The lowest BCUT2D eigenvalue weighted by Gasteiger charge is -2.22. The first-order valence-electron chi connectivity index (χ1n) is 3.71. The second kappa shape index (κ2) is 3.99. The predicted octanol–water partition coefficient (Wildman–Crippen LogP) is 1.28. The van der Waals surface area contributed by atoms with Gasteiger partial charge >= 0.3 is 6.09 Å². The van der Waals surface area contributed by atoms with Gasteiger partial charge in [-0.1, -0.05) is 0 Å². The van der Waals surface area contributed by atoms with Gasteiger partial charge in [-0.2, -0.15) is 0 Å². The van der Waals surface area contributed by atoms with Crippen molar-refractivity contribution in [1.82, 2.24) is 4.90 Å². The first kappa shape index (κ1) is 10.8. The summed E-state index contributed by atoms with van der Waals surface area (Å²) in [6, 6.07) is 0. The Balaban J connectivity index is 4.05. The average molecular weight is 172 g/mol. The molecule has 70 valence electrons. The maximum absolute atomic E-state index is 11.1. The Morgan fingerprint density at radius 2 is 2.00 bits per heavy atom. The zero-order valence-electron chi connectivity index (χ0n) is 8.00. The molecule has 0 radical (unpaired) electrons. The van der Waals surface area contributed by atoms with Crippen molar-refractivity contribution in [1.29, 1.82) is 0 Å². The normalized spacial score (nSPS) is 11.7. The van der Waals surface area contributed by atoms with E-state index < -0.39 is 11.7 Å². The Morgan fingerprint density at radius 1 is 1.50 bits per heavy atom. The molecule has 4 heteroatoms. The van der Waals surface area contributed by atoms with Gasteiger partial charge in [0.2, 0.25) is 0 Å². The Labute approximate surface area is 73.0 Å². The van der Waals surface area contributed by atoms with Gasteiger partial charge in [0.25, 0.3) is 0 Å². The van der Waals surface area contributed by atoms with E-state index in [0.29, 0.717) is 0 Å². The number of amides is 1. The van der Waals surface area contributed by atoms with E-state index in [1.807, 2.05) is 20.8 Å². The van der Waals surface area contributed by atoms with E-state index >= 15 is 0 Å². The number of nitrogens with zero attached hydrogens (tertiary/aromatic N) is 1. The van der Waals surface area contributed by atoms with Gasteiger partial charge in [-0.15, -0.1) is 0 Å². The summed E-state index contributed by atoms with van der Waals surface area (Å²) in [4.78, 5) is 12.4. The van der Waals surface area contributed by atoms with E-state index in [4.69, 9.17) is 10.5 Å². The Hall–Kier alpha value is -1.19. The van der Waals surface area contributed by atoms with Crippen LogP contribution in [-0.4, -0.2) is 23.6 Å². The van der Waals surface area contributed by atoms with Crippen molar-refractivity contribution in [3.63, 3.8) is 0 Å². The van der Waals surface area contributed by atoms with E-state index in [2.05, 4.69) is 0 Å². The molecule has 0 spiro atoms. The van der Waals surface area contributed by atoms with Crippen LogP contribution in [0.3, 0.4) is 0 Å². The van der Waals surface area contributed by atoms with Gasteiger partial charge in [0.15, 0.2) is 0 Å². The molecule has 12 heavy (non-hydrogen) atoms. The Morgan fingerprint density at radius 3 is 2.33 bits per heavy atom. The quantitative estimate of drug-likeness (QED) is 0.648. The smallest absolute Gasteiger partial charge is 0.414 e. The molecular formula is C8H16N2O2. The van der Waals surface area contributed by atoms with Crippen LogP contribution in [0.5, 0.6) is 0 Å². The SMILES string of the molecule is CN(/C=C/N)C(=O)OC(C)(C)C. The molecule has 0 aliphatic heterocycles. The van der Waals surface area contributed by atoms with Gasteiger partial charge in [0.1, 0.15) is 5.60 Å². The molecule has 0 fully saturated rings. The molecule has 0 saturated heterocycles. The third-order valence-corrected chi connectivity index (χ3v) is 0.991. The molecule has 0 aliphatic carbocycles. The Kier molecular flexibility index (Phi) is 3.60. The number of carbonyl (C=O) groups is 1. The van der Waals surface area contributed by atoms with E-state index in [-0.39, 0.29) is 0 Å². The third-order valence-electron chi connectivity index (χ3n) is 0.991. The standard InChI is InChI=1S/C8H16N2O2/c1-8(2,3)12-7(11)10(4)6-5-9/h5-6H,9H2,1-4H3/b6-5+. The molecule has 0 saturated carbocycles. The molecule has 1 amide bonds. The largest absolute Gasteiger partial charge is 0.443 e. The average Bonchev–Trinajstić information content (AvgIpc) is 1.84. The molecule has 0 aromatic rings. The molecule has 0 aliphatic rings. The fourth-order valence-corrected chi connectivity index (χ4v) is 0.524. The highest BCUT2D eigenvalue weighted by atomic mass is 16.6. The first-order chi connectivity index (χ1) is 5.37. The molecule has 0 atom stereocenters. The first-order valence-corrected chi connectivity index (χ1v) is 3.71. The zero-order chi connectivity index (χ0) is 9.78. The Bertz CT molecular complexity index is 182. The highest BCUT2D eigenvalue weighted by Gasteiger charge is 2.17. The second-order valence-corrected chi connectivity index (χ2v) is 3.43. The summed E-state index contributed by atoms with van der Waals surface area (Å²) in [6.07, 6.45) is 2.31. The van der Waals surface area contributed by atoms with Gasteiger partial charge < -0.3 is 10.5 Å². The van der Waals surface area contributed by atoms with Crippen LogP contribution >= 0.6 is 0 Å². The van der Waals surface area contributed by atoms with E-state index in [1.54, 1.807) is 7.05 Å². The van der Waals surface area contributed by atoms with E-state index in [9.17, 15) is 4.79 Å². The van der Waals surface area contributed by atoms with Gasteiger partial charge in [0.05, 0.1) is 0 Å². The number of ether oxygens (including phenoxy) is 1. The van der Waals surface area contributed by atoms with Crippen LogP contribution in [0.25, 0.3) is 0 Å². The van der Waals surface area contributed by atoms with Crippen LogP contribution in [0, 0.1) is 0 Å². The van der Waals surface area contributed by atoms with Gasteiger partial charge in [-0.05, 0) is 20.8 Å². The van der Waals surface area contributed by atoms with E-state index in [0.717, 1.165) is 0 Å². The minimum Gasteiger partial charge on any atom is -0.443 e. The van der Waals surface area contributed by atoms with Crippen molar-refractivity contribution in [2.24, 2.45) is 5.73 Å². The number of hydrogen-bond donors (Lipinski definition) is 1. The highest BCUT2D eigenvalue weighted by molar-refractivity contribution is 5.68. The van der Waals surface area contributed by atoms with Gasteiger partial charge in [-0.3, -0.25) is 4.90 Å². The van der Waals surface area contributed by atoms with Gasteiger partial charge in [-0.25, -0.2) is 4.79 Å². The fourth-order valence-electron chi connectivity index (χ4n) is 0.524. The summed E-state index contributed by atoms with van der Waals surface area (Å²) in [5, 5.41) is 0. The molecule has 0 aromatic heterocycles. The summed E-state index contributed by atoms with van der Waals surface area (Å²) in [6.45, 7) is 5.43. The van der Waals surface area contributed by atoms with Crippen molar-refractivity contribution in [2.45, 2.75) is 26.4 Å². The van der Waals surface area contributed by atoms with Crippen LogP contribution in [0.2, 0.25) is 0 Å². The third kappa shape index (κ3) is 4.60. The highest BCUT2D eigenvalue weighted by Crippen LogP contribution is 2.08. The number of nitrogens with two attached hydrogens (primary N) is 1. The number of rotatable bonds is 1. The predicted molar refractivity (Wildman–Crippen MR) is 47.3 cm³/mol. The molecule has 0 rings (SSSR count). The molecular weight excluding hydrogens is 156 g/mol. The number of carbonyl (C=O) groups excluding carboxylic acids is 1. The molecule has 2 N–H and O–H groups in total. The van der Waals surface area contributed by atoms with Crippen LogP contribution in [0.1, 0.15) is 20.8 Å². The van der Waals surface area contributed by atoms with Crippen LogP contribution in [0.4, 0.5) is 4.79 Å². The van der Waals surface area contributed by atoms with Gasteiger partial charge in [0, 0.05) is 19.4 Å². The summed E-state index contributed by atoms with van der Waals surface area (Å²) >= 11 is 0. The van der Waals surface area contributed by atoms with Crippen LogP contribution in [0.15, 0.2) is 12.4 Å². The zero-order valence-corrected chi connectivity index (χ0v) is 8.00. The topological polar surface area (TPSA) is 55.6 Å². The lowest BCUT2D eigenvalue weighted by atomic mass is 10.2. The molecule has 0 bridgehead atoms. The summed E-state index contributed by atoms with van der Waals surface area (Å²) in [5.74, 6) is 0. The fraction of sp³-hybridized carbons (Fsp3) is 0.625. The van der Waals surface area contributed by atoms with Crippen LogP contribution in [-0.2, 0) is 4.74 Å². The molecule has 0 heterocycles. The maximum atomic E-state index is 11.1. The minimum atomic E-state index is -0.465. The van der Waals surface area contributed by atoms with Crippen molar-refractivity contribution < 1.29 is 9.53 Å². The maximum Gasteiger partial charge on any atom is 0.414 e. The summed E-state index contributed by atoms with van der Waals surface area (Å²) < 4.78 is 5.03. The van der Waals surface area contributed by atoms with Crippen molar-refractivity contribution >= 4 is 6.09 Å². The summed E-state index contributed by atoms with van der Waals surface area (Å²) in [5.41, 5.74) is 4.64. The molecule has 4 nitrogen and oxygen atoms in total. The molecule has 0 aromatic carbocycles. The second-order valence-electron chi connectivity index (χ2n) is 3.43. The lowest BCUT2D eigenvalue weighted by molar-refractivity contribution is 0.0372. The summed E-state index contributed by atoms with van der Waals surface area (Å²) in [7, 11) is 1.58. The van der Waals surface area contributed by atoms with Crippen molar-refractivity contribution in [2.75, 3.05) is 7.05 Å². The van der Waals surface area contributed by atoms with E-state index in [1.165, 1.54) is 17.3 Å². The number of hydrogen-bond acceptors (Lipinski definition) is 3. The minimum absolute atomic E-state index is 0.413. The monoisotopic (exact) mass is 172 g/mol.